The van der Waals surface area contributed by atoms with E-state index >= 15 is 0 Å². The fourth-order valence-corrected chi connectivity index (χ4v) is 2.07. The van der Waals surface area contributed by atoms with Crippen LogP contribution in [-0.2, 0) is 15.8 Å². The number of amides is 2. The molecule has 2 aromatic rings. The summed E-state index contributed by atoms with van der Waals surface area (Å²) in [7, 11) is 0. The molecule has 0 atom stereocenters. The van der Waals surface area contributed by atoms with Gasteiger partial charge in [-0.05, 0) is 36.4 Å². The van der Waals surface area contributed by atoms with Crippen molar-refractivity contribution in [1.82, 2.24) is 0 Å². The second-order valence-electron chi connectivity index (χ2n) is 4.98. The highest BCUT2D eigenvalue weighted by molar-refractivity contribution is 6.33. The van der Waals surface area contributed by atoms with Crippen LogP contribution in [0.25, 0.3) is 0 Å². The molecule has 2 rings (SSSR count). The van der Waals surface area contributed by atoms with E-state index in [2.05, 4.69) is 10.6 Å². The first-order valence-corrected chi connectivity index (χ1v) is 7.25. The van der Waals surface area contributed by atoms with Gasteiger partial charge in [-0.1, -0.05) is 17.7 Å². The van der Waals surface area contributed by atoms with E-state index in [1.54, 1.807) is 0 Å². The van der Waals surface area contributed by atoms with Gasteiger partial charge in [0.15, 0.2) is 0 Å². The number of nitrogens with one attached hydrogen (secondary N) is 2. The molecule has 0 unspecified atom stereocenters. The molecule has 0 heterocycles. The SMILES string of the molecule is O=C(CC(=O)Nc1cc(C(F)(F)F)ccc1Cl)Nc1cccc(F)c1. The van der Waals surface area contributed by atoms with Crippen molar-refractivity contribution in [3.8, 4) is 0 Å². The van der Waals surface area contributed by atoms with Crippen LogP contribution in [0.5, 0.6) is 0 Å². The first-order valence-electron chi connectivity index (χ1n) is 6.87. The number of anilines is 2. The number of rotatable bonds is 4. The standard InChI is InChI=1S/C16H11ClF4N2O2/c17-12-5-4-9(16(19,20)21)6-13(12)23-15(25)8-14(24)22-11-3-1-2-10(18)7-11/h1-7H,8H2,(H,22,24)(H,23,25). The van der Waals surface area contributed by atoms with Gasteiger partial charge in [-0.3, -0.25) is 9.59 Å². The van der Waals surface area contributed by atoms with Gasteiger partial charge in [-0.25, -0.2) is 4.39 Å². The van der Waals surface area contributed by atoms with Gasteiger partial charge in [0, 0.05) is 5.69 Å². The van der Waals surface area contributed by atoms with Gasteiger partial charge in [0.05, 0.1) is 16.3 Å². The van der Waals surface area contributed by atoms with Crippen molar-refractivity contribution in [3.63, 3.8) is 0 Å². The van der Waals surface area contributed by atoms with Crippen molar-refractivity contribution < 1.29 is 27.2 Å². The van der Waals surface area contributed by atoms with E-state index in [0.29, 0.717) is 6.07 Å². The van der Waals surface area contributed by atoms with E-state index in [9.17, 15) is 27.2 Å². The lowest BCUT2D eigenvalue weighted by molar-refractivity contribution is -0.137. The molecule has 2 N–H and O–H groups in total. The molecule has 0 bridgehead atoms. The third-order valence-electron chi connectivity index (χ3n) is 3.00. The quantitative estimate of drug-likeness (QED) is 0.613. The second kappa shape index (κ2) is 7.52. The topological polar surface area (TPSA) is 58.2 Å². The second-order valence-corrected chi connectivity index (χ2v) is 5.38. The molecule has 0 aliphatic carbocycles. The highest BCUT2D eigenvalue weighted by Crippen LogP contribution is 2.33. The van der Waals surface area contributed by atoms with Crippen LogP contribution < -0.4 is 10.6 Å². The van der Waals surface area contributed by atoms with Crippen molar-refractivity contribution in [2.75, 3.05) is 10.6 Å². The fraction of sp³-hybridized carbons (Fsp3) is 0.125. The largest absolute Gasteiger partial charge is 0.416 e. The molecule has 0 saturated carbocycles. The summed E-state index contributed by atoms with van der Waals surface area (Å²) in [6.45, 7) is 0. The lowest BCUT2D eigenvalue weighted by atomic mass is 10.2. The molecule has 25 heavy (non-hydrogen) atoms. The molecule has 0 radical (unpaired) electrons. The third-order valence-corrected chi connectivity index (χ3v) is 3.33. The first kappa shape index (κ1) is 18.7. The van der Waals surface area contributed by atoms with E-state index in [1.165, 1.54) is 18.2 Å². The number of halogens is 5. The Hall–Kier alpha value is -2.61. The van der Waals surface area contributed by atoms with Crippen LogP contribution in [0.3, 0.4) is 0 Å². The van der Waals surface area contributed by atoms with Crippen molar-refractivity contribution in [1.29, 1.82) is 0 Å². The summed E-state index contributed by atoms with van der Waals surface area (Å²) in [6.07, 6.45) is -5.28. The number of carbonyl (C=O) groups excluding carboxylic acids is 2. The minimum absolute atomic E-state index is 0.105. The van der Waals surface area contributed by atoms with Gasteiger partial charge < -0.3 is 10.6 Å². The van der Waals surface area contributed by atoms with Crippen LogP contribution in [-0.4, -0.2) is 11.8 Å². The summed E-state index contributed by atoms with van der Waals surface area (Å²) in [5, 5.41) is 4.34. The van der Waals surface area contributed by atoms with Crippen LogP contribution in [0.1, 0.15) is 12.0 Å². The van der Waals surface area contributed by atoms with Crippen molar-refractivity contribution >= 4 is 34.8 Å². The van der Waals surface area contributed by atoms with Crippen LogP contribution in [0, 0.1) is 5.82 Å². The zero-order valence-electron chi connectivity index (χ0n) is 12.5. The Labute approximate surface area is 144 Å². The van der Waals surface area contributed by atoms with Gasteiger partial charge in [0.2, 0.25) is 11.8 Å². The molecular formula is C16H11ClF4N2O2. The van der Waals surface area contributed by atoms with E-state index in [0.717, 1.165) is 18.2 Å². The summed E-state index contributed by atoms with van der Waals surface area (Å²) in [5.41, 5.74) is -1.11. The molecule has 2 aromatic carbocycles. The summed E-state index contributed by atoms with van der Waals surface area (Å²) >= 11 is 5.75. The molecule has 0 saturated heterocycles. The molecule has 0 fully saturated rings. The summed E-state index contributed by atoms with van der Waals surface area (Å²) in [4.78, 5) is 23.5. The van der Waals surface area contributed by atoms with Crippen molar-refractivity contribution in [2.45, 2.75) is 12.6 Å². The highest BCUT2D eigenvalue weighted by atomic mass is 35.5. The van der Waals surface area contributed by atoms with Gasteiger partial charge in [-0.2, -0.15) is 13.2 Å². The van der Waals surface area contributed by atoms with Crippen LogP contribution in [0.15, 0.2) is 42.5 Å². The average molecular weight is 375 g/mol. The van der Waals surface area contributed by atoms with Crippen LogP contribution in [0.4, 0.5) is 28.9 Å². The number of benzene rings is 2. The zero-order valence-corrected chi connectivity index (χ0v) is 13.2. The maximum Gasteiger partial charge on any atom is 0.416 e. The number of hydrogen-bond donors (Lipinski definition) is 2. The fourth-order valence-electron chi connectivity index (χ4n) is 1.91. The Morgan fingerprint density at radius 2 is 1.68 bits per heavy atom. The smallest absolute Gasteiger partial charge is 0.326 e. The van der Waals surface area contributed by atoms with E-state index < -0.39 is 35.8 Å². The molecule has 9 heteroatoms. The maximum atomic E-state index is 13.0. The lowest BCUT2D eigenvalue weighted by Gasteiger charge is -2.11. The summed E-state index contributed by atoms with van der Waals surface area (Å²) in [6, 6.07) is 7.46. The van der Waals surface area contributed by atoms with Crippen molar-refractivity contribution in [2.24, 2.45) is 0 Å². The Morgan fingerprint density at radius 3 is 2.32 bits per heavy atom. The maximum absolute atomic E-state index is 13.0. The molecule has 0 aliphatic rings. The van der Waals surface area contributed by atoms with Gasteiger partial charge in [0.25, 0.3) is 0 Å². The summed E-state index contributed by atoms with van der Waals surface area (Å²) < 4.78 is 51.0. The minimum atomic E-state index is -4.60. The van der Waals surface area contributed by atoms with E-state index in [4.69, 9.17) is 11.6 Å². The monoisotopic (exact) mass is 374 g/mol. The Balaban J connectivity index is 2.01. The Morgan fingerprint density at radius 1 is 1.00 bits per heavy atom. The van der Waals surface area contributed by atoms with Gasteiger partial charge in [0.1, 0.15) is 12.2 Å². The van der Waals surface area contributed by atoms with Crippen LogP contribution in [0.2, 0.25) is 5.02 Å². The van der Waals surface area contributed by atoms with Crippen molar-refractivity contribution in [3.05, 3.63) is 58.9 Å². The van der Waals surface area contributed by atoms with Gasteiger partial charge in [-0.15, -0.1) is 0 Å². The minimum Gasteiger partial charge on any atom is -0.326 e. The first-order chi connectivity index (χ1) is 11.6. The highest BCUT2D eigenvalue weighted by Gasteiger charge is 2.31. The van der Waals surface area contributed by atoms with E-state index in [-0.39, 0.29) is 16.4 Å². The molecule has 0 spiro atoms. The molecular weight excluding hydrogens is 364 g/mol. The molecule has 132 valence electrons. The lowest BCUT2D eigenvalue weighted by Crippen LogP contribution is -2.21. The van der Waals surface area contributed by atoms with Crippen LogP contribution >= 0.6 is 11.6 Å². The predicted molar refractivity (Wildman–Crippen MR) is 84.7 cm³/mol. The number of carbonyl (C=O) groups is 2. The molecule has 0 aliphatic heterocycles. The normalized spacial score (nSPS) is 11.1. The predicted octanol–water partition coefficient (Wildman–Crippen LogP) is 4.47. The molecule has 4 nitrogen and oxygen atoms in total. The molecule has 2 amide bonds. The Bertz CT molecular complexity index is 809. The van der Waals surface area contributed by atoms with Gasteiger partial charge >= 0.3 is 6.18 Å². The average Bonchev–Trinajstić information content (AvgIpc) is 2.48. The third kappa shape index (κ3) is 5.46. The molecule has 0 aromatic heterocycles. The number of hydrogen-bond acceptors (Lipinski definition) is 2. The summed E-state index contributed by atoms with van der Waals surface area (Å²) in [5.74, 6) is -2.20. The van der Waals surface area contributed by atoms with E-state index in [1.807, 2.05) is 0 Å². The Kier molecular flexibility index (Phi) is 5.63. The number of alkyl halides is 3. The zero-order chi connectivity index (χ0) is 18.6.